The highest BCUT2D eigenvalue weighted by Crippen LogP contribution is 2.28. The van der Waals surface area contributed by atoms with E-state index in [0.29, 0.717) is 6.29 Å². The van der Waals surface area contributed by atoms with E-state index in [2.05, 4.69) is 4.98 Å². The normalized spacial score (nSPS) is 10.5. The number of rotatable bonds is 2. The topological polar surface area (TPSA) is 30.0 Å². The first kappa shape index (κ1) is 10.1. The second kappa shape index (κ2) is 3.79. The third kappa shape index (κ3) is 2.01. The molecule has 0 N–H and O–H groups in total. The van der Waals surface area contributed by atoms with Gasteiger partial charge in [-0.15, -0.1) is 0 Å². The highest BCUT2D eigenvalue weighted by Gasteiger charge is 2.16. The monoisotopic (exact) mass is 205 g/mol. The fraction of sp³-hybridized carbons (Fsp3) is 0.250. The minimum atomic E-state index is -2.67. The molecule has 0 saturated heterocycles. The van der Waals surface area contributed by atoms with Crippen molar-refractivity contribution in [3.8, 4) is 0 Å². The Hall–Kier alpha value is -1.03. The van der Waals surface area contributed by atoms with E-state index in [1.807, 2.05) is 0 Å². The number of carbonyl (C=O) groups excluding carboxylic acids is 1. The summed E-state index contributed by atoms with van der Waals surface area (Å²) >= 11 is 5.46. The van der Waals surface area contributed by atoms with Crippen LogP contribution in [0.2, 0.25) is 5.15 Å². The zero-order valence-electron chi connectivity index (χ0n) is 6.72. The molecule has 0 aliphatic heterocycles. The fourth-order valence-electron chi connectivity index (χ4n) is 0.991. The second-order valence-electron chi connectivity index (χ2n) is 2.49. The molecule has 70 valence electrons. The minimum Gasteiger partial charge on any atom is -0.296 e. The molecular formula is C8H6ClF2NO. The number of hydrogen-bond acceptors (Lipinski definition) is 2. The van der Waals surface area contributed by atoms with Crippen LogP contribution in [0, 0.1) is 6.92 Å². The van der Waals surface area contributed by atoms with Crippen LogP contribution >= 0.6 is 11.6 Å². The van der Waals surface area contributed by atoms with Gasteiger partial charge in [0.05, 0.1) is 5.56 Å². The lowest BCUT2D eigenvalue weighted by Gasteiger charge is -2.06. The van der Waals surface area contributed by atoms with E-state index in [-0.39, 0.29) is 22.0 Å². The van der Waals surface area contributed by atoms with Crippen molar-refractivity contribution in [2.75, 3.05) is 0 Å². The summed E-state index contributed by atoms with van der Waals surface area (Å²) in [5.41, 5.74) is 0.0243. The predicted octanol–water partition coefficient (Wildman–Crippen LogP) is 2.79. The number of aldehydes is 1. The summed E-state index contributed by atoms with van der Waals surface area (Å²) in [6.07, 6.45) is -2.20. The Labute approximate surface area is 78.5 Å². The van der Waals surface area contributed by atoms with Gasteiger partial charge in [-0.25, -0.2) is 13.8 Å². The molecule has 0 unspecified atom stereocenters. The van der Waals surface area contributed by atoms with Crippen LogP contribution in [0.4, 0.5) is 8.78 Å². The minimum absolute atomic E-state index is 0.0619. The van der Waals surface area contributed by atoms with E-state index < -0.39 is 6.43 Å². The lowest BCUT2D eigenvalue weighted by Crippen LogP contribution is -1.97. The molecule has 0 aliphatic carbocycles. The molecule has 2 nitrogen and oxygen atoms in total. The van der Waals surface area contributed by atoms with E-state index in [0.717, 1.165) is 0 Å². The molecule has 1 heterocycles. The summed E-state index contributed by atoms with van der Waals surface area (Å²) in [6, 6.07) is 1.28. The van der Waals surface area contributed by atoms with Gasteiger partial charge in [0, 0.05) is 0 Å². The van der Waals surface area contributed by atoms with E-state index in [4.69, 9.17) is 11.6 Å². The fourth-order valence-corrected chi connectivity index (χ4v) is 1.32. The smallest absolute Gasteiger partial charge is 0.267 e. The molecule has 0 amide bonds. The average molecular weight is 206 g/mol. The zero-order valence-corrected chi connectivity index (χ0v) is 7.48. The van der Waals surface area contributed by atoms with Crippen molar-refractivity contribution in [3.05, 3.63) is 28.0 Å². The van der Waals surface area contributed by atoms with Crippen LogP contribution in [0.3, 0.4) is 0 Å². The highest BCUT2D eigenvalue weighted by molar-refractivity contribution is 6.30. The number of hydrogen-bond donors (Lipinski definition) is 0. The largest absolute Gasteiger partial charge is 0.296 e. The molecule has 0 bridgehead atoms. The van der Waals surface area contributed by atoms with Gasteiger partial charge in [-0.2, -0.15) is 0 Å². The maximum absolute atomic E-state index is 12.3. The van der Waals surface area contributed by atoms with E-state index in [1.165, 1.54) is 13.0 Å². The van der Waals surface area contributed by atoms with Crippen LogP contribution < -0.4 is 0 Å². The van der Waals surface area contributed by atoms with Crippen LogP contribution in [0.25, 0.3) is 0 Å². The van der Waals surface area contributed by atoms with Crippen molar-refractivity contribution >= 4 is 17.9 Å². The molecular weight excluding hydrogens is 200 g/mol. The summed E-state index contributed by atoms with van der Waals surface area (Å²) in [5, 5.41) is -0.308. The Morgan fingerprint density at radius 2 is 2.23 bits per heavy atom. The Morgan fingerprint density at radius 3 is 2.62 bits per heavy atom. The van der Waals surface area contributed by atoms with Crippen molar-refractivity contribution in [2.24, 2.45) is 0 Å². The molecule has 0 saturated carbocycles. The SMILES string of the molecule is Cc1cc(C=O)nc(Cl)c1C(F)F. The van der Waals surface area contributed by atoms with Gasteiger partial charge in [0.1, 0.15) is 10.8 Å². The van der Waals surface area contributed by atoms with E-state index in [1.54, 1.807) is 0 Å². The van der Waals surface area contributed by atoms with Crippen LogP contribution in [0.15, 0.2) is 6.07 Å². The maximum atomic E-state index is 12.3. The summed E-state index contributed by atoms with van der Waals surface area (Å²) < 4.78 is 24.6. The molecule has 13 heavy (non-hydrogen) atoms. The van der Waals surface area contributed by atoms with Crippen molar-refractivity contribution < 1.29 is 13.6 Å². The third-order valence-corrected chi connectivity index (χ3v) is 1.87. The molecule has 0 aromatic carbocycles. The Balaban J connectivity index is 3.31. The van der Waals surface area contributed by atoms with E-state index >= 15 is 0 Å². The lowest BCUT2D eigenvalue weighted by molar-refractivity contribution is 0.111. The number of pyridine rings is 1. The summed E-state index contributed by atoms with van der Waals surface area (Å²) in [5.74, 6) is 0. The standard InChI is InChI=1S/C8H6ClF2NO/c1-4-2-5(3-13)12-7(9)6(4)8(10)11/h2-3,8H,1H3. The molecule has 0 fully saturated rings. The first-order chi connectivity index (χ1) is 6.06. The van der Waals surface area contributed by atoms with Gasteiger partial charge in [0.15, 0.2) is 6.29 Å². The third-order valence-electron chi connectivity index (χ3n) is 1.58. The van der Waals surface area contributed by atoms with Crippen LogP contribution in [-0.2, 0) is 0 Å². The quantitative estimate of drug-likeness (QED) is 0.549. The molecule has 0 atom stereocenters. The number of carbonyl (C=O) groups is 1. The second-order valence-corrected chi connectivity index (χ2v) is 2.85. The first-order valence-electron chi connectivity index (χ1n) is 3.46. The van der Waals surface area contributed by atoms with Crippen LogP contribution in [0.1, 0.15) is 28.0 Å². The zero-order chi connectivity index (χ0) is 10.0. The van der Waals surface area contributed by atoms with Crippen molar-refractivity contribution in [2.45, 2.75) is 13.3 Å². The number of alkyl halides is 2. The Morgan fingerprint density at radius 1 is 1.62 bits per heavy atom. The molecule has 5 heteroatoms. The molecule has 1 rings (SSSR count). The predicted molar refractivity (Wildman–Crippen MR) is 44.3 cm³/mol. The lowest BCUT2D eigenvalue weighted by atomic mass is 10.1. The summed E-state index contributed by atoms with van der Waals surface area (Å²) in [4.78, 5) is 13.8. The number of nitrogens with zero attached hydrogens (tertiary/aromatic N) is 1. The van der Waals surface area contributed by atoms with E-state index in [9.17, 15) is 13.6 Å². The molecule has 0 spiro atoms. The van der Waals surface area contributed by atoms with Gasteiger partial charge in [-0.3, -0.25) is 4.79 Å². The van der Waals surface area contributed by atoms with Gasteiger partial charge in [-0.1, -0.05) is 11.6 Å². The molecule has 0 aliphatic rings. The van der Waals surface area contributed by atoms with Crippen LogP contribution in [-0.4, -0.2) is 11.3 Å². The summed E-state index contributed by atoms with van der Waals surface area (Å²) in [7, 11) is 0. The van der Waals surface area contributed by atoms with Crippen molar-refractivity contribution in [1.29, 1.82) is 0 Å². The number of aromatic nitrogens is 1. The first-order valence-corrected chi connectivity index (χ1v) is 3.84. The molecule has 1 aromatic heterocycles. The molecule has 0 radical (unpaired) electrons. The Kier molecular flexibility index (Phi) is 2.93. The average Bonchev–Trinajstić information content (AvgIpc) is 2.02. The van der Waals surface area contributed by atoms with Crippen LogP contribution in [0.5, 0.6) is 0 Å². The van der Waals surface area contributed by atoms with Crippen molar-refractivity contribution in [3.63, 3.8) is 0 Å². The van der Waals surface area contributed by atoms with Gasteiger partial charge in [0.2, 0.25) is 0 Å². The number of halogens is 3. The summed E-state index contributed by atoms with van der Waals surface area (Å²) in [6.45, 7) is 1.46. The van der Waals surface area contributed by atoms with Crippen molar-refractivity contribution in [1.82, 2.24) is 4.98 Å². The van der Waals surface area contributed by atoms with Gasteiger partial charge in [0.25, 0.3) is 6.43 Å². The maximum Gasteiger partial charge on any atom is 0.267 e. The van der Waals surface area contributed by atoms with Gasteiger partial charge in [-0.05, 0) is 18.6 Å². The van der Waals surface area contributed by atoms with Gasteiger partial charge >= 0.3 is 0 Å². The Bertz CT molecular complexity index is 318. The molecule has 1 aromatic rings. The highest BCUT2D eigenvalue weighted by atomic mass is 35.5. The van der Waals surface area contributed by atoms with Gasteiger partial charge < -0.3 is 0 Å². The number of aryl methyl sites for hydroxylation is 1.